The largest absolute Gasteiger partial charge is 0.495 e. The van der Waals surface area contributed by atoms with Gasteiger partial charge in [0.05, 0.1) is 6.61 Å². The van der Waals surface area contributed by atoms with Crippen LogP contribution in [0.2, 0.25) is 0 Å². The van der Waals surface area contributed by atoms with Crippen molar-refractivity contribution in [3.8, 4) is 0 Å². The highest BCUT2D eigenvalue weighted by Gasteiger charge is 1.94. The predicted molar refractivity (Wildman–Crippen MR) is 48.2 cm³/mol. The lowest BCUT2D eigenvalue weighted by Gasteiger charge is -1.99. The van der Waals surface area contributed by atoms with Crippen molar-refractivity contribution in [3.05, 3.63) is 36.6 Å². The van der Waals surface area contributed by atoms with Gasteiger partial charge in [0.25, 0.3) is 0 Å². The van der Waals surface area contributed by atoms with Crippen LogP contribution < -0.4 is 5.73 Å². The number of allylic oxidation sites excluding steroid dienone is 1. The van der Waals surface area contributed by atoms with Gasteiger partial charge in [-0.15, -0.1) is 0 Å². The van der Waals surface area contributed by atoms with Gasteiger partial charge in [0.15, 0.2) is 0 Å². The molecule has 3 heteroatoms. The van der Waals surface area contributed by atoms with Crippen molar-refractivity contribution >= 4 is 5.91 Å². The maximum absolute atomic E-state index is 10.5. The summed E-state index contributed by atoms with van der Waals surface area (Å²) in [5.74, 6) is -0.0598. The highest BCUT2D eigenvalue weighted by molar-refractivity contribution is 5.94. The second kappa shape index (κ2) is 5.18. The van der Waals surface area contributed by atoms with Crippen LogP contribution in [-0.2, 0) is 9.53 Å². The third-order valence-electron chi connectivity index (χ3n) is 1.12. The van der Waals surface area contributed by atoms with Gasteiger partial charge < -0.3 is 10.5 Å². The van der Waals surface area contributed by atoms with Crippen molar-refractivity contribution in [1.82, 2.24) is 0 Å². The lowest BCUT2D eigenvalue weighted by Crippen LogP contribution is -2.11. The first-order chi connectivity index (χ1) is 5.57. The SMILES string of the molecule is C=C(/C=C\C(=C)C(N)=O)OCC. The molecule has 0 aromatic heterocycles. The molecule has 0 fully saturated rings. The number of carbonyl (C=O) groups excluding carboxylic acids is 1. The number of rotatable bonds is 5. The average Bonchev–Trinajstić information content (AvgIpc) is 2.00. The van der Waals surface area contributed by atoms with Crippen molar-refractivity contribution in [2.24, 2.45) is 5.73 Å². The van der Waals surface area contributed by atoms with E-state index in [2.05, 4.69) is 13.2 Å². The lowest BCUT2D eigenvalue weighted by atomic mass is 10.2. The van der Waals surface area contributed by atoms with E-state index in [-0.39, 0.29) is 5.57 Å². The molecular formula is C9H13NO2. The fraction of sp³-hybridized carbons (Fsp3) is 0.222. The summed E-state index contributed by atoms with van der Waals surface area (Å²) in [6, 6.07) is 0. The molecule has 66 valence electrons. The molecule has 0 heterocycles. The van der Waals surface area contributed by atoms with Gasteiger partial charge in [-0.3, -0.25) is 4.79 Å². The zero-order valence-electron chi connectivity index (χ0n) is 7.17. The Kier molecular flexibility index (Phi) is 4.53. The Hall–Kier alpha value is -1.51. The van der Waals surface area contributed by atoms with Crippen LogP contribution in [0.15, 0.2) is 36.6 Å². The molecule has 0 radical (unpaired) electrons. The first-order valence-electron chi connectivity index (χ1n) is 3.56. The lowest BCUT2D eigenvalue weighted by molar-refractivity contribution is -0.114. The summed E-state index contributed by atoms with van der Waals surface area (Å²) < 4.78 is 5.00. The Morgan fingerprint density at radius 1 is 1.50 bits per heavy atom. The predicted octanol–water partition coefficient (Wildman–Crippen LogP) is 1.13. The summed E-state index contributed by atoms with van der Waals surface area (Å²) in [5.41, 5.74) is 5.17. The molecule has 1 amide bonds. The molecule has 0 aliphatic heterocycles. The molecule has 0 aromatic carbocycles. The van der Waals surface area contributed by atoms with Crippen LogP contribution in [-0.4, -0.2) is 12.5 Å². The summed E-state index contributed by atoms with van der Waals surface area (Å²) in [6.07, 6.45) is 3.02. The van der Waals surface area contributed by atoms with Crippen LogP contribution in [0, 0.1) is 0 Å². The first kappa shape index (κ1) is 10.5. The van der Waals surface area contributed by atoms with Crippen molar-refractivity contribution in [2.75, 3.05) is 6.61 Å². The van der Waals surface area contributed by atoms with E-state index >= 15 is 0 Å². The second-order valence-corrected chi connectivity index (χ2v) is 2.12. The average molecular weight is 167 g/mol. The van der Waals surface area contributed by atoms with Gasteiger partial charge in [-0.2, -0.15) is 0 Å². The fourth-order valence-corrected chi connectivity index (χ4v) is 0.509. The Labute approximate surface area is 72.2 Å². The van der Waals surface area contributed by atoms with E-state index in [1.807, 2.05) is 6.92 Å². The zero-order valence-corrected chi connectivity index (χ0v) is 7.17. The van der Waals surface area contributed by atoms with Crippen LogP contribution in [0.5, 0.6) is 0 Å². The molecule has 0 spiro atoms. The molecule has 3 nitrogen and oxygen atoms in total. The Balaban J connectivity index is 3.98. The molecule has 0 aliphatic rings. The molecule has 0 aromatic rings. The molecule has 0 saturated heterocycles. The molecule has 2 N–H and O–H groups in total. The summed E-state index contributed by atoms with van der Waals surface area (Å²) in [7, 11) is 0. The standard InChI is InChI=1S/C9H13NO2/c1-4-12-8(3)6-5-7(2)9(10)11/h5-6H,2-4H2,1H3,(H2,10,11)/b6-5-. The summed E-state index contributed by atoms with van der Waals surface area (Å²) in [6.45, 7) is 9.40. The topological polar surface area (TPSA) is 52.3 Å². The van der Waals surface area contributed by atoms with Gasteiger partial charge in [-0.25, -0.2) is 0 Å². The monoisotopic (exact) mass is 167 g/mol. The van der Waals surface area contributed by atoms with Crippen molar-refractivity contribution < 1.29 is 9.53 Å². The van der Waals surface area contributed by atoms with Crippen molar-refractivity contribution in [3.63, 3.8) is 0 Å². The van der Waals surface area contributed by atoms with E-state index in [0.29, 0.717) is 12.4 Å². The third-order valence-corrected chi connectivity index (χ3v) is 1.12. The molecule has 0 unspecified atom stereocenters. The minimum absolute atomic E-state index is 0.232. The minimum atomic E-state index is -0.546. The van der Waals surface area contributed by atoms with E-state index in [1.165, 1.54) is 6.08 Å². The van der Waals surface area contributed by atoms with E-state index in [4.69, 9.17) is 10.5 Å². The zero-order chi connectivity index (χ0) is 9.56. The molecule has 0 atom stereocenters. The number of carbonyl (C=O) groups is 1. The number of amides is 1. The number of ether oxygens (including phenoxy) is 1. The maximum atomic E-state index is 10.5. The van der Waals surface area contributed by atoms with Gasteiger partial charge in [-0.1, -0.05) is 13.2 Å². The van der Waals surface area contributed by atoms with Gasteiger partial charge in [0, 0.05) is 5.57 Å². The Bertz CT molecular complexity index is 229. The minimum Gasteiger partial charge on any atom is -0.495 e. The molecule has 12 heavy (non-hydrogen) atoms. The van der Waals surface area contributed by atoms with Crippen LogP contribution in [0.25, 0.3) is 0 Å². The Morgan fingerprint density at radius 2 is 2.08 bits per heavy atom. The fourth-order valence-electron chi connectivity index (χ4n) is 0.509. The van der Waals surface area contributed by atoms with E-state index < -0.39 is 5.91 Å². The summed E-state index contributed by atoms with van der Waals surface area (Å²) >= 11 is 0. The number of hydrogen-bond acceptors (Lipinski definition) is 2. The quantitative estimate of drug-likeness (QED) is 0.379. The van der Waals surface area contributed by atoms with Crippen LogP contribution in [0.1, 0.15) is 6.92 Å². The molecule has 0 saturated carbocycles. The number of primary amides is 1. The normalized spacial score (nSPS) is 9.75. The van der Waals surface area contributed by atoms with E-state index in [9.17, 15) is 4.79 Å². The van der Waals surface area contributed by atoms with Crippen LogP contribution in [0.4, 0.5) is 0 Å². The van der Waals surface area contributed by atoms with Crippen LogP contribution in [0.3, 0.4) is 0 Å². The van der Waals surface area contributed by atoms with E-state index in [1.54, 1.807) is 6.08 Å². The highest BCUT2D eigenvalue weighted by atomic mass is 16.5. The van der Waals surface area contributed by atoms with Crippen molar-refractivity contribution in [2.45, 2.75) is 6.92 Å². The maximum Gasteiger partial charge on any atom is 0.248 e. The van der Waals surface area contributed by atoms with Crippen molar-refractivity contribution in [1.29, 1.82) is 0 Å². The molecule has 0 bridgehead atoms. The summed E-state index contributed by atoms with van der Waals surface area (Å²) in [4.78, 5) is 10.5. The second-order valence-electron chi connectivity index (χ2n) is 2.12. The highest BCUT2D eigenvalue weighted by Crippen LogP contribution is 1.98. The number of nitrogens with two attached hydrogens (primary N) is 1. The third kappa shape index (κ3) is 4.33. The van der Waals surface area contributed by atoms with Crippen LogP contribution >= 0.6 is 0 Å². The van der Waals surface area contributed by atoms with Gasteiger partial charge >= 0.3 is 0 Å². The van der Waals surface area contributed by atoms with Gasteiger partial charge in [0.2, 0.25) is 5.91 Å². The molecule has 0 rings (SSSR count). The summed E-state index contributed by atoms with van der Waals surface area (Å²) in [5, 5.41) is 0. The molecule has 0 aliphatic carbocycles. The van der Waals surface area contributed by atoms with E-state index in [0.717, 1.165) is 0 Å². The van der Waals surface area contributed by atoms with Gasteiger partial charge in [-0.05, 0) is 19.1 Å². The molecular weight excluding hydrogens is 154 g/mol. The smallest absolute Gasteiger partial charge is 0.248 e. The number of hydrogen-bond donors (Lipinski definition) is 1. The van der Waals surface area contributed by atoms with Gasteiger partial charge in [0.1, 0.15) is 5.76 Å². The first-order valence-corrected chi connectivity index (χ1v) is 3.56. The Morgan fingerprint density at radius 3 is 2.50 bits per heavy atom.